The van der Waals surface area contributed by atoms with Gasteiger partial charge in [0, 0.05) is 23.1 Å². The van der Waals surface area contributed by atoms with Gasteiger partial charge in [0.1, 0.15) is 22.8 Å². The minimum absolute atomic E-state index is 0.0586. The number of furan rings is 1. The predicted octanol–water partition coefficient (Wildman–Crippen LogP) is 2.88. The Labute approximate surface area is 160 Å². The van der Waals surface area contributed by atoms with Gasteiger partial charge in [0.2, 0.25) is 0 Å². The molecular formula is C20H19NO7. The molecule has 146 valence electrons. The predicted molar refractivity (Wildman–Crippen MR) is 101 cm³/mol. The number of rotatable bonds is 7. The summed E-state index contributed by atoms with van der Waals surface area (Å²) < 4.78 is 20.6. The van der Waals surface area contributed by atoms with Gasteiger partial charge in [0.05, 0.1) is 32.6 Å². The van der Waals surface area contributed by atoms with E-state index < -0.39 is 18.5 Å². The molecule has 0 aliphatic carbocycles. The first-order chi connectivity index (χ1) is 13.5. The van der Waals surface area contributed by atoms with Crippen molar-refractivity contribution in [2.45, 2.75) is 6.42 Å². The standard InChI is InChI=1S/C20H19NO7/c1-25-14-4-6-16(18(9-14)26-2)21-19(23)11-28-20(24)7-12-10-27-17-8-13(22)3-5-15(12)17/h3-6,8-10,22H,7,11H2,1-2H3,(H,21,23). The van der Waals surface area contributed by atoms with E-state index in [1.165, 1.54) is 32.6 Å². The number of fused-ring (bicyclic) bond motifs is 1. The summed E-state index contributed by atoms with van der Waals surface area (Å²) >= 11 is 0. The fraction of sp³-hybridized carbons (Fsp3) is 0.200. The largest absolute Gasteiger partial charge is 0.508 e. The summed E-state index contributed by atoms with van der Waals surface area (Å²) in [7, 11) is 3.00. The van der Waals surface area contributed by atoms with Crippen LogP contribution < -0.4 is 14.8 Å². The summed E-state index contributed by atoms with van der Waals surface area (Å²) in [6, 6.07) is 9.54. The van der Waals surface area contributed by atoms with Crippen molar-refractivity contribution in [2.24, 2.45) is 0 Å². The molecule has 1 heterocycles. The smallest absolute Gasteiger partial charge is 0.310 e. The molecule has 0 fully saturated rings. The van der Waals surface area contributed by atoms with Crippen molar-refractivity contribution >= 4 is 28.5 Å². The molecule has 3 rings (SSSR count). The monoisotopic (exact) mass is 385 g/mol. The molecule has 0 saturated heterocycles. The van der Waals surface area contributed by atoms with Crippen LogP contribution in [0.1, 0.15) is 5.56 Å². The average molecular weight is 385 g/mol. The van der Waals surface area contributed by atoms with E-state index in [-0.39, 0.29) is 12.2 Å². The summed E-state index contributed by atoms with van der Waals surface area (Å²) in [5.74, 6) is 0.00194. The quantitative estimate of drug-likeness (QED) is 0.602. The second kappa shape index (κ2) is 8.34. The molecule has 0 aliphatic rings. The molecular weight excluding hydrogens is 366 g/mol. The Kier molecular flexibility index (Phi) is 5.69. The number of carbonyl (C=O) groups is 2. The van der Waals surface area contributed by atoms with Crippen molar-refractivity contribution < 1.29 is 33.3 Å². The van der Waals surface area contributed by atoms with Crippen LogP contribution >= 0.6 is 0 Å². The second-order valence-corrected chi connectivity index (χ2v) is 5.89. The van der Waals surface area contributed by atoms with E-state index in [1.807, 2.05) is 0 Å². The molecule has 0 saturated carbocycles. The Bertz CT molecular complexity index is 1010. The number of ether oxygens (including phenoxy) is 3. The summed E-state index contributed by atoms with van der Waals surface area (Å²) in [4.78, 5) is 24.1. The lowest BCUT2D eigenvalue weighted by atomic mass is 10.1. The van der Waals surface area contributed by atoms with Gasteiger partial charge in [0.25, 0.3) is 5.91 Å². The number of methoxy groups -OCH3 is 2. The van der Waals surface area contributed by atoms with Crippen molar-refractivity contribution in [1.82, 2.24) is 0 Å². The minimum Gasteiger partial charge on any atom is -0.508 e. The van der Waals surface area contributed by atoms with Gasteiger partial charge in [-0.2, -0.15) is 0 Å². The molecule has 1 aromatic heterocycles. The first-order valence-corrected chi connectivity index (χ1v) is 8.36. The highest BCUT2D eigenvalue weighted by Gasteiger charge is 2.14. The number of hydrogen-bond acceptors (Lipinski definition) is 7. The number of amides is 1. The van der Waals surface area contributed by atoms with E-state index in [0.717, 1.165) is 0 Å². The highest BCUT2D eigenvalue weighted by Crippen LogP contribution is 2.29. The van der Waals surface area contributed by atoms with Gasteiger partial charge in [-0.3, -0.25) is 9.59 Å². The van der Waals surface area contributed by atoms with Crippen molar-refractivity contribution in [1.29, 1.82) is 0 Å². The molecule has 0 bridgehead atoms. The third-order valence-corrected chi connectivity index (χ3v) is 4.02. The molecule has 1 amide bonds. The minimum atomic E-state index is -0.576. The molecule has 2 N–H and O–H groups in total. The van der Waals surface area contributed by atoms with Gasteiger partial charge >= 0.3 is 5.97 Å². The van der Waals surface area contributed by atoms with E-state index in [1.54, 1.807) is 24.3 Å². The molecule has 3 aromatic rings. The van der Waals surface area contributed by atoms with Crippen molar-refractivity contribution in [3.8, 4) is 17.2 Å². The molecule has 0 aliphatic heterocycles. The van der Waals surface area contributed by atoms with Gasteiger partial charge in [-0.05, 0) is 24.3 Å². The van der Waals surface area contributed by atoms with Crippen LogP contribution in [0.3, 0.4) is 0 Å². The third-order valence-electron chi connectivity index (χ3n) is 4.02. The van der Waals surface area contributed by atoms with Crippen molar-refractivity contribution in [3.63, 3.8) is 0 Å². The molecule has 0 atom stereocenters. The number of aromatic hydroxyl groups is 1. The Hall–Kier alpha value is -3.68. The van der Waals surface area contributed by atoms with Crippen LogP contribution in [-0.4, -0.2) is 37.8 Å². The van der Waals surface area contributed by atoms with Crippen molar-refractivity contribution in [2.75, 3.05) is 26.1 Å². The Morgan fingerprint density at radius 2 is 1.93 bits per heavy atom. The van der Waals surface area contributed by atoms with Crippen molar-refractivity contribution in [3.05, 3.63) is 48.2 Å². The molecule has 8 nitrogen and oxygen atoms in total. The molecule has 0 unspecified atom stereocenters. The van der Waals surface area contributed by atoms with E-state index >= 15 is 0 Å². The van der Waals surface area contributed by atoms with Crippen LogP contribution in [0.4, 0.5) is 5.69 Å². The molecule has 0 spiro atoms. The lowest BCUT2D eigenvalue weighted by Crippen LogP contribution is -2.21. The zero-order chi connectivity index (χ0) is 20.1. The fourth-order valence-corrected chi connectivity index (χ4v) is 2.65. The summed E-state index contributed by atoms with van der Waals surface area (Å²) in [5.41, 5.74) is 1.51. The van der Waals surface area contributed by atoms with Crippen LogP contribution in [0.5, 0.6) is 17.2 Å². The van der Waals surface area contributed by atoms with Gasteiger partial charge < -0.3 is 29.1 Å². The molecule has 0 radical (unpaired) electrons. The fourth-order valence-electron chi connectivity index (χ4n) is 2.65. The molecule has 8 heteroatoms. The molecule has 2 aromatic carbocycles. The Morgan fingerprint density at radius 1 is 1.11 bits per heavy atom. The van der Waals surface area contributed by atoms with Gasteiger partial charge in [0.15, 0.2) is 6.61 Å². The maximum Gasteiger partial charge on any atom is 0.310 e. The Morgan fingerprint density at radius 3 is 2.68 bits per heavy atom. The number of phenolic OH excluding ortho intramolecular Hbond substituents is 1. The SMILES string of the molecule is COc1ccc(NC(=O)COC(=O)Cc2coc3cc(O)ccc23)c(OC)c1. The van der Waals surface area contributed by atoms with Crippen LogP contribution in [0, 0.1) is 0 Å². The summed E-state index contributed by atoms with van der Waals surface area (Å²) in [5, 5.41) is 12.8. The highest BCUT2D eigenvalue weighted by atomic mass is 16.5. The number of nitrogens with one attached hydrogen (secondary N) is 1. The lowest BCUT2D eigenvalue weighted by Gasteiger charge is -2.11. The second-order valence-electron chi connectivity index (χ2n) is 5.89. The van der Waals surface area contributed by atoms with Gasteiger partial charge in [-0.25, -0.2) is 0 Å². The van der Waals surface area contributed by atoms with Gasteiger partial charge in [-0.1, -0.05) is 0 Å². The topological polar surface area (TPSA) is 107 Å². The number of phenols is 1. The number of esters is 1. The number of carbonyl (C=O) groups excluding carboxylic acids is 2. The maximum absolute atomic E-state index is 12.1. The molecule has 28 heavy (non-hydrogen) atoms. The third kappa shape index (κ3) is 4.35. The zero-order valence-corrected chi connectivity index (χ0v) is 15.4. The lowest BCUT2D eigenvalue weighted by molar-refractivity contribution is -0.146. The number of benzene rings is 2. The van der Waals surface area contributed by atoms with E-state index in [9.17, 15) is 14.7 Å². The Balaban J connectivity index is 1.56. The van der Waals surface area contributed by atoms with E-state index in [4.69, 9.17) is 18.6 Å². The van der Waals surface area contributed by atoms with Crippen LogP contribution in [-0.2, 0) is 20.7 Å². The normalized spacial score (nSPS) is 10.5. The van der Waals surface area contributed by atoms with Gasteiger partial charge in [-0.15, -0.1) is 0 Å². The van der Waals surface area contributed by atoms with Crippen LogP contribution in [0.2, 0.25) is 0 Å². The maximum atomic E-state index is 12.1. The number of anilines is 1. The number of hydrogen-bond donors (Lipinski definition) is 2. The highest BCUT2D eigenvalue weighted by molar-refractivity contribution is 5.94. The van der Waals surface area contributed by atoms with E-state index in [0.29, 0.717) is 33.7 Å². The average Bonchev–Trinajstić information content (AvgIpc) is 3.08. The van der Waals surface area contributed by atoms with Crippen LogP contribution in [0.15, 0.2) is 47.1 Å². The first kappa shape index (κ1) is 19.1. The first-order valence-electron chi connectivity index (χ1n) is 8.36. The zero-order valence-electron chi connectivity index (χ0n) is 15.4. The van der Waals surface area contributed by atoms with E-state index in [2.05, 4.69) is 5.32 Å². The summed E-state index contributed by atoms with van der Waals surface area (Å²) in [6.45, 7) is -0.440. The van der Waals surface area contributed by atoms with Crippen LogP contribution in [0.25, 0.3) is 11.0 Å². The summed E-state index contributed by atoms with van der Waals surface area (Å²) in [6.07, 6.45) is 1.37.